The summed E-state index contributed by atoms with van der Waals surface area (Å²) in [5, 5.41) is 3.34. The van der Waals surface area contributed by atoms with E-state index in [1.165, 1.54) is 0 Å². The van der Waals surface area contributed by atoms with Crippen LogP contribution in [0.1, 0.15) is 24.9 Å². The number of hydrogen-bond donors (Lipinski definition) is 1. The first-order valence-electron chi connectivity index (χ1n) is 7.19. The molecule has 2 heterocycles. The van der Waals surface area contributed by atoms with Crippen molar-refractivity contribution >= 4 is 17.5 Å². The Morgan fingerprint density at radius 2 is 2.38 bits per heavy atom. The minimum Gasteiger partial charge on any atom is -0.378 e. The molecule has 1 aliphatic rings. The van der Waals surface area contributed by atoms with Gasteiger partial charge in [-0.15, -0.1) is 0 Å². The number of carbonyl (C=O) groups is 1. The zero-order chi connectivity index (χ0) is 15.2. The van der Waals surface area contributed by atoms with E-state index in [2.05, 4.69) is 15.3 Å². The number of carbonyl (C=O) groups excluding carboxylic acids is 1. The lowest BCUT2D eigenvalue weighted by molar-refractivity contribution is -0.133. The lowest BCUT2D eigenvalue weighted by atomic mass is 10.2. The van der Waals surface area contributed by atoms with Crippen LogP contribution in [0, 0.1) is 6.92 Å². The molecule has 1 atom stereocenters. The predicted molar refractivity (Wildman–Crippen MR) is 80.1 cm³/mol. The van der Waals surface area contributed by atoms with Gasteiger partial charge in [-0.2, -0.15) is 0 Å². The molecule has 0 radical (unpaired) electrons. The first-order chi connectivity index (χ1) is 10.1. The third kappa shape index (κ3) is 4.62. The lowest BCUT2D eigenvalue weighted by Gasteiger charge is -2.33. The Kier molecular flexibility index (Phi) is 5.90. The molecule has 1 N–H and O–H groups in total. The molecular weight excluding hydrogens is 292 g/mol. The highest BCUT2D eigenvalue weighted by Gasteiger charge is 2.29. The second kappa shape index (κ2) is 7.68. The fraction of sp³-hybridized carbons (Fsp3) is 0.643. The summed E-state index contributed by atoms with van der Waals surface area (Å²) in [7, 11) is 0. The molecule has 116 valence electrons. The van der Waals surface area contributed by atoms with Crippen LogP contribution in [0.25, 0.3) is 0 Å². The van der Waals surface area contributed by atoms with Crippen molar-refractivity contribution in [3.8, 4) is 0 Å². The van der Waals surface area contributed by atoms with Crippen LogP contribution in [-0.2, 0) is 16.1 Å². The van der Waals surface area contributed by atoms with Crippen molar-refractivity contribution in [2.75, 3.05) is 26.3 Å². The van der Waals surface area contributed by atoms with Crippen LogP contribution >= 0.6 is 11.6 Å². The number of hydrogen-bond acceptors (Lipinski definition) is 5. The van der Waals surface area contributed by atoms with E-state index in [9.17, 15) is 4.79 Å². The lowest BCUT2D eigenvalue weighted by Crippen LogP contribution is -2.53. The summed E-state index contributed by atoms with van der Waals surface area (Å²) in [6.07, 6.45) is 0.913. The van der Waals surface area contributed by atoms with Crippen LogP contribution in [-0.4, -0.2) is 53.1 Å². The third-order valence-electron chi connectivity index (χ3n) is 3.30. The van der Waals surface area contributed by atoms with Crippen LogP contribution in [0.5, 0.6) is 0 Å². The SMILES string of the molecule is CCCNC(=O)C1COCCN1Cc1nc(C)cc(Cl)n1. The smallest absolute Gasteiger partial charge is 0.239 e. The second-order valence-electron chi connectivity index (χ2n) is 5.10. The summed E-state index contributed by atoms with van der Waals surface area (Å²) in [5.41, 5.74) is 0.824. The number of aromatic nitrogens is 2. The monoisotopic (exact) mass is 312 g/mol. The molecule has 1 aliphatic heterocycles. The zero-order valence-corrected chi connectivity index (χ0v) is 13.2. The van der Waals surface area contributed by atoms with Gasteiger partial charge in [0, 0.05) is 18.8 Å². The average molecular weight is 313 g/mol. The Morgan fingerprint density at radius 3 is 3.10 bits per heavy atom. The van der Waals surface area contributed by atoms with Crippen LogP contribution < -0.4 is 5.32 Å². The zero-order valence-electron chi connectivity index (χ0n) is 12.4. The minimum absolute atomic E-state index is 0.00435. The predicted octanol–water partition coefficient (Wildman–Crippen LogP) is 1.17. The topological polar surface area (TPSA) is 67.3 Å². The Labute approximate surface area is 129 Å². The molecule has 1 amide bonds. The van der Waals surface area contributed by atoms with E-state index in [0.717, 1.165) is 12.1 Å². The number of aryl methyl sites for hydroxylation is 1. The van der Waals surface area contributed by atoms with Gasteiger partial charge in [-0.05, 0) is 19.4 Å². The van der Waals surface area contributed by atoms with Gasteiger partial charge in [0.25, 0.3) is 0 Å². The van der Waals surface area contributed by atoms with Gasteiger partial charge >= 0.3 is 0 Å². The van der Waals surface area contributed by atoms with Crippen molar-refractivity contribution in [1.29, 1.82) is 0 Å². The van der Waals surface area contributed by atoms with Crippen LogP contribution in [0.15, 0.2) is 6.07 Å². The Morgan fingerprint density at radius 1 is 1.57 bits per heavy atom. The van der Waals surface area contributed by atoms with Gasteiger partial charge < -0.3 is 10.1 Å². The minimum atomic E-state index is -0.298. The number of amides is 1. The summed E-state index contributed by atoms with van der Waals surface area (Å²) < 4.78 is 5.43. The van der Waals surface area contributed by atoms with Crippen molar-refractivity contribution in [3.63, 3.8) is 0 Å². The van der Waals surface area contributed by atoms with Crippen molar-refractivity contribution < 1.29 is 9.53 Å². The summed E-state index contributed by atoms with van der Waals surface area (Å²) in [5.74, 6) is 0.630. The number of nitrogens with one attached hydrogen (secondary N) is 1. The summed E-state index contributed by atoms with van der Waals surface area (Å²) in [6, 6.07) is 1.42. The van der Waals surface area contributed by atoms with E-state index in [1.54, 1.807) is 6.07 Å². The summed E-state index contributed by atoms with van der Waals surface area (Å²) >= 11 is 5.96. The molecule has 0 saturated carbocycles. The van der Waals surface area contributed by atoms with Gasteiger partial charge in [0.1, 0.15) is 17.0 Å². The largest absolute Gasteiger partial charge is 0.378 e. The molecular formula is C14H21ClN4O2. The molecule has 0 aromatic carbocycles. The van der Waals surface area contributed by atoms with E-state index < -0.39 is 0 Å². The number of morpholine rings is 1. The van der Waals surface area contributed by atoms with Crippen LogP contribution in [0.2, 0.25) is 5.15 Å². The van der Waals surface area contributed by atoms with Crippen LogP contribution in [0.3, 0.4) is 0 Å². The first kappa shape index (κ1) is 16.1. The summed E-state index contributed by atoms with van der Waals surface area (Å²) in [6.45, 7) is 6.76. The van der Waals surface area contributed by atoms with Gasteiger partial charge in [-0.25, -0.2) is 9.97 Å². The number of rotatable bonds is 5. The van der Waals surface area contributed by atoms with Gasteiger partial charge in [-0.1, -0.05) is 18.5 Å². The van der Waals surface area contributed by atoms with Crippen molar-refractivity contribution in [1.82, 2.24) is 20.2 Å². The van der Waals surface area contributed by atoms with Gasteiger partial charge in [-0.3, -0.25) is 9.69 Å². The standard InChI is InChI=1S/C14H21ClN4O2/c1-3-4-16-14(20)11-9-21-6-5-19(11)8-13-17-10(2)7-12(15)18-13/h7,11H,3-6,8-9H2,1-2H3,(H,16,20). The molecule has 7 heteroatoms. The van der Waals surface area contributed by atoms with Gasteiger partial charge in [0.15, 0.2) is 0 Å². The highest BCUT2D eigenvalue weighted by Crippen LogP contribution is 2.13. The summed E-state index contributed by atoms with van der Waals surface area (Å²) in [4.78, 5) is 22.8. The Balaban J connectivity index is 2.06. The van der Waals surface area contributed by atoms with E-state index in [0.29, 0.717) is 43.8 Å². The fourth-order valence-electron chi connectivity index (χ4n) is 2.28. The van der Waals surface area contributed by atoms with Crippen molar-refractivity contribution in [2.24, 2.45) is 0 Å². The van der Waals surface area contributed by atoms with Crippen molar-refractivity contribution in [2.45, 2.75) is 32.9 Å². The number of ether oxygens (including phenoxy) is 1. The van der Waals surface area contributed by atoms with E-state index in [4.69, 9.17) is 16.3 Å². The second-order valence-corrected chi connectivity index (χ2v) is 5.49. The number of halogens is 1. The quantitative estimate of drug-likeness (QED) is 0.827. The van der Waals surface area contributed by atoms with Gasteiger partial charge in [0.2, 0.25) is 5.91 Å². The van der Waals surface area contributed by atoms with E-state index in [1.807, 2.05) is 18.7 Å². The van der Waals surface area contributed by atoms with Gasteiger partial charge in [0.05, 0.1) is 19.8 Å². The maximum atomic E-state index is 12.2. The first-order valence-corrected chi connectivity index (χ1v) is 7.57. The molecule has 1 aromatic rings. The molecule has 2 rings (SSSR count). The molecule has 1 fully saturated rings. The molecule has 0 bridgehead atoms. The maximum Gasteiger partial charge on any atom is 0.239 e. The number of nitrogens with zero attached hydrogens (tertiary/aromatic N) is 3. The average Bonchev–Trinajstić information content (AvgIpc) is 2.44. The molecule has 1 saturated heterocycles. The molecule has 1 unspecified atom stereocenters. The highest BCUT2D eigenvalue weighted by atomic mass is 35.5. The van der Waals surface area contributed by atoms with E-state index >= 15 is 0 Å². The molecule has 21 heavy (non-hydrogen) atoms. The van der Waals surface area contributed by atoms with Crippen LogP contribution in [0.4, 0.5) is 0 Å². The maximum absolute atomic E-state index is 12.2. The molecule has 0 spiro atoms. The Hall–Kier alpha value is -1.24. The normalized spacial score (nSPS) is 19.5. The third-order valence-corrected chi connectivity index (χ3v) is 3.50. The molecule has 1 aromatic heterocycles. The molecule has 6 nitrogen and oxygen atoms in total. The van der Waals surface area contributed by atoms with E-state index in [-0.39, 0.29) is 11.9 Å². The van der Waals surface area contributed by atoms with Crippen molar-refractivity contribution in [3.05, 3.63) is 22.7 Å². The Bertz CT molecular complexity index is 478. The fourth-order valence-corrected chi connectivity index (χ4v) is 2.53. The highest BCUT2D eigenvalue weighted by molar-refractivity contribution is 6.29. The molecule has 0 aliphatic carbocycles.